The Kier molecular flexibility index (Phi) is 3.87. The summed E-state index contributed by atoms with van der Waals surface area (Å²) in [5.74, 6) is 0.586. The Morgan fingerprint density at radius 2 is 2.28 bits per heavy atom. The van der Waals surface area contributed by atoms with Crippen molar-refractivity contribution in [3.05, 3.63) is 23.8 Å². The molecule has 1 heterocycles. The van der Waals surface area contributed by atoms with Crippen LogP contribution in [0.2, 0.25) is 0 Å². The van der Waals surface area contributed by atoms with E-state index in [0.29, 0.717) is 17.9 Å². The first-order valence-corrected chi connectivity index (χ1v) is 6.24. The lowest BCUT2D eigenvalue weighted by Crippen LogP contribution is -2.39. The van der Waals surface area contributed by atoms with Gasteiger partial charge >= 0.3 is 0 Å². The van der Waals surface area contributed by atoms with Crippen molar-refractivity contribution in [1.29, 1.82) is 0 Å². The van der Waals surface area contributed by atoms with E-state index in [1.807, 2.05) is 12.1 Å². The number of Topliss-reactive ketones (excluding diaryl/α,β-unsaturated/α-hetero) is 1. The summed E-state index contributed by atoms with van der Waals surface area (Å²) in [6.45, 7) is 2.99. The maximum Gasteiger partial charge on any atom is 0.165 e. The zero-order valence-corrected chi connectivity index (χ0v) is 10.8. The van der Waals surface area contributed by atoms with Crippen LogP contribution in [0.4, 0.5) is 5.69 Å². The Morgan fingerprint density at radius 3 is 2.89 bits per heavy atom. The van der Waals surface area contributed by atoms with Crippen LogP contribution in [0.5, 0.6) is 5.75 Å². The van der Waals surface area contributed by atoms with Gasteiger partial charge < -0.3 is 14.7 Å². The molecule has 1 aromatic carbocycles. The first-order chi connectivity index (χ1) is 8.63. The highest BCUT2D eigenvalue weighted by Gasteiger charge is 2.23. The lowest BCUT2D eigenvalue weighted by Gasteiger charge is -2.33. The molecule has 1 aliphatic rings. The summed E-state index contributed by atoms with van der Waals surface area (Å²) in [5.41, 5.74) is 1.47. The SMILES string of the molecule is COc1cccc(N2CCCC(O)C2)c1C(C)=O. The van der Waals surface area contributed by atoms with Gasteiger partial charge in [0.15, 0.2) is 5.78 Å². The van der Waals surface area contributed by atoms with Gasteiger partial charge in [0.1, 0.15) is 5.75 Å². The van der Waals surface area contributed by atoms with Crippen LogP contribution in [0.25, 0.3) is 0 Å². The molecule has 1 atom stereocenters. The summed E-state index contributed by atoms with van der Waals surface area (Å²) >= 11 is 0. The number of β-amino-alcohol motifs (C(OH)–C–C–N with tert-alkyl or cyclic N) is 1. The minimum absolute atomic E-state index is 0.0116. The van der Waals surface area contributed by atoms with E-state index in [2.05, 4.69) is 4.90 Å². The molecular weight excluding hydrogens is 230 g/mol. The van der Waals surface area contributed by atoms with E-state index in [-0.39, 0.29) is 11.9 Å². The van der Waals surface area contributed by atoms with Crippen molar-refractivity contribution in [3.63, 3.8) is 0 Å². The number of ether oxygens (including phenoxy) is 1. The molecule has 1 N–H and O–H groups in total. The van der Waals surface area contributed by atoms with Gasteiger partial charge in [-0.15, -0.1) is 0 Å². The Labute approximate surface area is 107 Å². The number of benzene rings is 1. The van der Waals surface area contributed by atoms with Crippen molar-refractivity contribution >= 4 is 11.5 Å². The lowest BCUT2D eigenvalue weighted by atomic mass is 10.0. The van der Waals surface area contributed by atoms with Crippen LogP contribution in [-0.4, -0.2) is 37.2 Å². The summed E-state index contributed by atoms with van der Waals surface area (Å²) in [6.07, 6.45) is 1.45. The summed E-state index contributed by atoms with van der Waals surface area (Å²) in [7, 11) is 1.57. The highest BCUT2D eigenvalue weighted by Crippen LogP contribution is 2.31. The van der Waals surface area contributed by atoms with Crippen LogP contribution >= 0.6 is 0 Å². The maximum atomic E-state index is 11.8. The van der Waals surface area contributed by atoms with Crippen LogP contribution in [0.15, 0.2) is 18.2 Å². The van der Waals surface area contributed by atoms with E-state index in [4.69, 9.17) is 4.74 Å². The van der Waals surface area contributed by atoms with E-state index < -0.39 is 0 Å². The van der Waals surface area contributed by atoms with E-state index in [1.165, 1.54) is 0 Å². The van der Waals surface area contributed by atoms with Crippen molar-refractivity contribution in [1.82, 2.24) is 0 Å². The van der Waals surface area contributed by atoms with Gasteiger partial charge in [-0.2, -0.15) is 0 Å². The minimum Gasteiger partial charge on any atom is -0.496 e. The number of aliphatic hydroxyl groups excluding tert-OH is 1. The number of piperidine rings is 1. The van der Waals surface area contributed by atoms with Gasteiger partial charge in [-0.1, -0.05) is 6.07 Å². The molecule has 18 heavy (non-hydrogen) atoms. The van der Waals surface area contributed by atoms with Crippen LogP contribution < -0.4 is 9.64 Å². The van der Waals surface area contributed by atoms with Crippen LogP contribution in [-0.2, 0) is 0 Å². The topological polar surface area (TPSA) is 49.8 Å². The smallest absolute Gasteiger partial charge is 0.165 e. The van der Waals surface area contributed by atoms with E-state index in [9.17, 15) is 9.90 Å². The second-order valence-corrected chi connectivity index (χ2v) is 4.65. The molecule has 98 valence electrons. The Bertz CT molecular complexity index is 445. The van der Waals surface area contributed by atoms with Gasteiger partial charge in [0.05, 0.1) is 24.5 Å². The third-order valence-corrected chi connectivity index (χ3v) is 3.31. The number of aliphatic hydroxyl groups is 1. The first-order valence-electron chi connectivity index (χ1n) is 6.24. The largest absolute Gasteiger partial charge is 0.496 e. The number of hydrogen-bond donors (Lipinski definition) is 1. The molecular formula is C14H19NO3. The lowest BCUT2D eigenvalue weighted by molar-refractivity contribution is 0.101. The second-order valence-electron chi connectivity index (χ2n) is 4.65. The van der Waals surface area contributed by atoms with Gasteiger partial charge in [-0.25, -0.2) is 0 Å². The molecule has 0 bridgehead atoms. The average Bonchev–Trinajstić information content (AvgIpc) is 2.37. The van der Waals surface area contributed by atoms with Crippen molar-refractivity contribution in [2.45, 2.75) is 25.9 Å². The predicted molar refractivity (Wildman–Crippen MR) is 70.5 cm³/mol. The molecule has 0 spiro atoms. The van der Waals surface area contributed by atoms with Crippen molar-refractivity contribution in [2.75, 3.05) is 25.1 Å². The van der Waals surface area contributed by atoms with Gasteiger partial charge in [0, 0.05) is 13.1 Å². The zero-order chi connectivity index (χ0) is 13.1. The first kappa shape index (κ1) is 12.9. The zero-order valence-electron chi connectivity index (χ0n) is 10.8. The van der Waals surface area contributed by atoms with Gasteiger partial charge in [0.2, 0.25) is 0 Å². The molecule has 0 saturated carbocycles. The highest BCUT2D eigenvalue weighted by molar-refractivity contribution is 6.02. The quantitative estimate of drug-likeness (QED) is 0.831. The molecule has 1 unspecified atom stereocenters. The Balaban J connectivity index is 2.40. The van der Waals surface area contributed by atoms with Gasteiger partial charge in [-0.3, -0.25) is 4.79 Å². The maximum absolute atomic E-state index is 11.8. The third-order valence-electron chi connectivity index (χ3n) is 3.31. The number of methoxy groups -OCH3 is 1. The molecule has 0 radical (unpaired) electrons. The molecule has 4 nitrogen and oxygen atoms in total. The fourth-order valence-electron chi connectivity index (χ4n) is 2.48. The number of nitrogens with zero attached hydrogens (tertiary/aromatic N) is 1. The molecule has 1 aromatic rings. The molecule has 0 aliphatic carbocycles. The molecule has 0 aromatic heterocycles. The molecule has 2 rings (SSSR count). The number of rotatable bonds is 3. The summed E-state index contributed by atoms with van der Waals surface area (Å²) in [6, 6.07) is 5.58. The normalized spacial score (nSPS) is 19.7. The monoisotopic (exact) mass is 249 g/mol. The standard InChI is InChI=1S/C14H19NO3/c1-10(16)14-12(6-3-7-13(14)18-2)15-8-4-5-11(17)9-15/h3,6-7,11,17H,4-5,8-9H2,1-2H3. The van der Waals surface area contributed by atoms with E-state index >= 15 is 0 Å². The molecule has 0 amide bonds. The number of carbonyl (C=O) groups excluding carboxylic acids is 1. The molecule has 4 heteroatoms. The highest BCUT2D eigenvalue weighted by atomic mass is 16.5. The predicted octanol–water partition coefficient (Wildman–Crippen LogP) is 1.86. The number of hydrogen-bond acceptors (Lipinski definition) is 4. The Hall–Kier alpha value is -1.55. The van der Waals surface area contributed by atoms with E-state index in [1.54, 1.807) is 20.1 Å². The fourth-order valence-corrected chi connectivity index (χ4v) is 2.48. The Morgan fingerprint density at radius 1 is 1.50 bits per heavy atom. The molecule has 1 fully saturated rings. The number of ketones is 1. The minimum atomic E-state index is -0.315. The second kappa shape index (κ2) is 5.40. The van der Waals surface area contributed by atoms with Crippen molar-refractivity contribution in [2.24, 2.45) is 0 Å². The van der Waals surface area contributed by atoms with Crippen LogP contribution in [0.3, 0.4) is 0 Å². The van der Waals surface area contributed by atoms with Crippen molar-refractivity contribution in [3.8, 4) is 5.75 Å². The van der Waals surface area contributed by atoms with Crippen LogP contribution in [0.1, 0.15) is 30.1 Å². The summed E-state index contributed by atoms with van der Waals surface area (Å²) < 4.78 is 5.25. The fraction of sp³-hybridized carbons (Fsp3) is 0.500. The number of carbonyl (C=O) groups is 1. The van der Waals surface area contributed by atoms with Gasteiger partial charge in [-0.05, 0) is 31.9 Å². The summed E-state index contributed by atoms with van der Waals surface area (Å²) in [5, 5.41) is 9.74. The average molecular weight is 249 g/mol. The van der Waals surface area contributed by atoms with E-state index in [0.717, 1.165) is 25.1 Å². The number of anilines is 1. The summed E-state index contributed by atoms with van der Waals surface area (Å²) in [4.78, 5) is 13.9. The third kappa shape index (κ3) is 2.48. The molecule has 1 aliphatic heterocycles. The molecule has 1 saturated heterocycles. The van der Waals surface area contributed by atoms with Crippen LogP contribution in [0, 0.1) is 0 Å². The van der Waals surface area contributed by atoms with Crippen molar-refractivity contribution < 1.29 is 14.6 Å². The van der Waals surface area contributed by atoms with Gasteiger partial charge in [0.25, 0.3) is 0 Å².